The van der Waals surface area contributed by atoms with E-state index in [9.17, 15) is 35.5 Å². The van der Waals surface area contributed by atoms with Crippen LogP contribution in [0.1, 0.15) is 358 Å². The summed E-state index contributed by atoms with van der Waals surface area (Å²) in [6.07, 6.45) is 21.7. The van der Waals surface area contributed by atoms with Gasteiger partial charge in [-0.1, -0.05) is 287 Å². The Hall–Kier alpha value is -10.3. The molecule has 8 unspecified atom stereocenters. The lowest BCUT2D eigenvalue weighted by molar-refractivity contribution is -0.328. The Morgan fingerprint density at radius 3 is 0.966 bits per heavy atom. The Morgan fingerprint density at radius 1 is 0.372 bits per heavy atom. The highest BCUT2D eigenvalue weighted by atomic mass is 127. The van der Waals surface area contributed by atoms with Crippen molar-refractivity contribution >= 4 is 62.8 Å². The maximum absolute atomic E-state index is 12.8. The second-order valence-corrected chi connectivity index (χ2v) is 46.2. The van der Waals surface area contributed by atoms with E-state index in [0.717, 1.165) is 99.3 Å². The van der Waals surface area contributed by atoms with Crippen LogP contribution >= 0.6 is 10.5 Å². The number of esters is 2. The zero-order chi connectivity index (χ0) is 106. The van der Waals surface area contributed by atoms with Gasteiger partial charge in [0.05, 0.1) is 28.0 Å². The average molecular weight is 2140 g/mol. The second kappa shape index (κ2) is 60.2. The van der Waals surface area contributed by atoms with Crippen LogP contribution in [0.5, 0.6) is 17.2 Å². The van der Waals surface area contributed by atoms with Crippen LogP contribution in [0.15, 0.2) is 313 Å². The summed E-state index contributed by atoms with van der Waals surface area (Å²) in [6.45, 7) is 39.2. The van der Waals surface area contributed by atoms with Crippen LogP contribution in [0.3, 0.4) is 0 Å². The van der Waals surface area contributed by atoms with E-state index in [4.69, 9.17) is 29.5 Å². The van der Waals surface area contributed by atoms with Crippen molar-refractivity contribution in [1.82, 2.24) is 0 Å². The molecule has 1 aromatic heterocycles. The number of carbonyl (C=O) groups is 2. The van der Waals surface area contributed by atoms with Gasteiger partial charge in [0, 0.05) is 27.8 Å². The largest absolute Gasteiger partial charge is 0.744 e. The molecule has 12 aromatic carbocycles. The molecule has 0 radical (unpaired) electrons. The standard InChI is InChI=1S/C22H30O2.C20H17OS.C18H26O2.2C10H14O3S.2C10H14O.2C10H14.C7H8IO/c1-4-14(2)17-5-7-18(8-6-17)21(23)24-22(3)19-10-15-9-16(12-19)13-20(22)11-15;21-14-13-15-9-11-16(12-10-15)22-19-7-3-1-5-17(19)18-6-2-4-8-20(18)22;1-4-14(2)15-8-10-16(11-9-15)17(19)20-18(3)12-6-5-7-13-18;2*1-3-8(2)9-4-6-10(7-5-9)14(11,12)13;2*1-3-8(2)9-4-6-10(11)7-5-9;2*1-3-9(2)10-7-5-4-6-8-10;1-9-7-4-2-6(8)3-5-7/h5-8,14-16,19-20H,4,9-13H2,1-3H3;1-12,21H,13-14H2;8-11,14H,4-7,12-13H2,1-3H3;2*4-8H,3H2,1-2H3,(H,11,12,13);2*4-8,11H,3H2,1-2H3;2*4-9H,3H2,1-2H3;2-5,8H,1H3/q;+1;;;;;;;;+1/p-2. The van der Waals surface area contributed by atoms with Gasteiger partial charge in [0.2, 0.25) is 0 Å². The van der Waals surface area contributed by atoms with E-state index in [1.165, 1.54) is 143 Å². The van der Waals surface area contributed by atoms with Gasteiger partial charge in [0.15, 0.2) is 17.9 Å². The zero-order valence-corrected chi connectivity index (χ0v) is 94.2. The molecule has 1 heterocycles. The molecule has 0 saturated heterocycles. The number of hydrogen-bond donors (Lipinski definition) is 3. The molecule has 5 aliphatic carbocycles. The molecular formula is C127H163IO14S3. The topological polar surface area (TPSA) is 237 Å². The maximum Gasteiger partial charge on any atom is 0.338 e. The van der Waals surface area contributed by atoms with Gasteiger partial charge in [-0.3, -0.25) is 0 Å². The van der Waals surface area contributed by atoms with Gasteiger partial charge in [-0.05, 0) is 384 Å². The maximum atomic E-state index is 12.8. The van der Waals surface area contributed by atoms with E-state index in [1.807, 2.05) is 108 Å². The number of carbonyl (C=O) groups excluding carboxylic acids is 2. The van der Waals surface area contributed by atoms with E-state index >= 15 is 0 Å². The van der Waals surface area contributed by atoms with Crippen LogP contribution in [0.2, 0.25) is 0 Å². The number of rotatable bonds is 26. The summed E-state index contributed by atoms with van der Waals surface area (Å²) in [4.78, 5) is 26.0. The van der Waals surface area contributed by atoms with E-state index < -0.39 is 20.2 Å². The fraction of sp³-hybridized carbons (Fsp3) is 0.417. The Balaban J connectivity index is 0.000000200. The zero-order valence-electron chi connectivity index (χ0n) is 89.4. The third-order valence-electron chi connectivity index (χ3n) is 29.9. The van der Waals surface area contributed by atoms with Gasteiger partial charge in [-0.2, -0.15) is 0 Å². The molecule has 18 heteroatoms. The predicted octanol–water partition coefficient (Wildman–Crippen LogP) is 30.5. The average Bonchev–Trinajstić information content (AvgIpc) is 1.59. The van der Waals surface area contributed by atoms with Gasteiger partial charge < -0.3 is 38.6 Å². The third kappa shape index (κ3) is 37.5. The molecule has 0 aliphatic heterocycles. The molecule has 14 nitrogen and oxygen atoms in total. The molecule has 5 saturated carbocycles. The van der Waals surface area contributed by atoms with Crippen LogP contribution in [-0.2, 0) is 36.1 Å². The molecule has 13 aromatic rings. The van der Waals surface area contributed by atoms with Crippen LogP contribution < -0.4 is 27.3 Å². The van der Waals surface area contributed by atoms with E-state index in [1.54, 1.807) is 55.6 Å². The number of aromatic hydroxyl groups is 2. The van der Waals surface area contributed by atoms with Crippen molar-refractivity contribution in [2.24, 2.45) is 23.7 Å². The number of fused-ring (bicyclic) bond motifs is 3. The molecule has 8 atom stereocenters. The van der Waals surface area contributed by atoms with E-state index in [-0.39, 0.29) is 50.0 Å². The molecule has 0 spiro atoms. The molecule has 5 fully saturated rings. The molecule has 5 aliphatic rings. The summed E-state index contributed by atoms with van der Waals surface area (Å²) in [5, 5.41) is 29.8. The Kier molecular flexibility index (Phi) is 49.8. The summed E-state index contributed by atoms with van der Waals surface area (Å²) >= 11 is 1.99. The molecular weight excluding hydrogens is 1970 g/mol. The van der Waals surface area contributed by atoms with Crippen LogP contribution in [-0.4, -0.2) is 78.1 Å². The van der Waals surface area contributed by atoms with Crippen molar-refractivity contribution < 1.29 is 87.7 Å². The van der Waals surface area contributed by atoms with Gasteiger partial charge in [0.25, 0.3) is 22.6 Å². The molecule has 18 rings (SSSR count). The molecule has 780 valence electrons. The number of ether oxygens (including phenoxy) is 3. The number of aliphatic hydroxyl groups excluding tert-OH is 1. The minimum atomic E-state index is -4.30. The summed E-state index contributed by atoms with van der Waals surface area (Å²) in [6, 6.07) is 98.5. The first-order valence-electron chi connectivity index (χ1n) is 52.7. The molecule has 0 amide bonds. The predicted molar refractivity (Wildman–Crippen MR) is 597 cm³/mol. The number of halogens is 1. The fourth-order valence-electron chi connectivity index (χ4n) is 18.7. The quantitative estimate of drug-likeness (QED) is 0.0198. The third-order valence-corrected chi connectivity index (χ3v) is 34.7. The van der Waals surface area contributed by atoms with Crippen LogP contribution in [0.25, 0.3) is 25.1 Å². The van der Waals surface area contributed by atoms with E-state index in [0.29, 0.717) is 81.8 Å². The van der Waals surface area contributed by atoms with Gasteiger partial charge in [0.1, 0.15) is 48.7 Å². The van der Waals surface area contributed by atoms with Crippen LogP contribution in [0.4, 0.5) is 0 Å². The Labute approximate surface area is 886 Å². The molecule has 145 heavy (non-hydrogen) atoms. The summed E-state index contributed by atoms with van der Waals surface area (Å²) in [5.41, 5.74) is 12.3. The van der Waals surface area contributed by atoms with E-state index in [2.05, 4.69) is 270 Å². The Morgan fingerprint density at radius 2 is 0.662 bits per heavy atom. The highest BCUT2D eigenvalue weighted by Gasteiger charge is 2.57. The van der Waals surface area contributed by atoms with Gasteiger partial charge in [-0.25, -0.2) is 26.4 Å². The lowest BCUT2D eigenvalue weighted by atomic mass is 9.50. The Bertz CT molecular complexity index is 5910. The number of phenols is 2. The monoisotopic (exact) mass is 2140 g/mol. The number of phenolic OH excluding ortho intramolecular Hbond substituents is 2. The normalized spacial score (nSPS) is 17.7. The SMILES string of the molecule is CCC(C)c1ccc(C(=O)OC2(C)C3CC4CC(C3)CC2C4)cc1.CCC(C)c1ccc(C(=O)OC2(C)CCCCC2)cc1.CCC(C)c1ccc(O)cc1.CCC(C)c1ccc(O)cc1.CCC(C)c1ccc(S(=O)(=O)[O-])cc1.CCC(C)c1ccc(S(=O)(=O)[O-])cc1.CCC(C)c1ccccc1.CCC(C)c1ccccc1.COc1ccc([IH+])cc1.OCCc1ccc(-[s+]2c3ccccc3c3ccccc32)cc1. The second-order valence-electron chi connectivity index (χ2n) is 40.1. The highest BCUT2D eigenvalue weighted by molar-refractivity contribution is 7.86. The summed E-state index contributed by atoms with van der Waals surface area (Å²) < 4.78 is 84.8. The van der Waals surface area contributed by atoms with Crippen molar-refractivity contribution in [2.45, 2.75) is 315 Å². The summed E-state index contributed by atoms with van der Waals surface area (Å²) in [5.74, 6) is 8.72. The minimum absolute atomic E-state index is 0.0153. The van der Waals surface area contributed by atoms with Crippen LogP contribution in [0, 0.1) is 27.2 Å². The number of methoxy groups -OCH3 is 1. The van der Waals surface area contributed by atoms with Crippen molar-refractivity contribution in [3.63, 3.8) is 0 Å². The highest BCUT2D eigenvalue weighted by Crippen LogP contribution is 2.60. The lowest BCUT2D eigenvalue weighted by Gasteiger charge is -2.59. The number of thiophene rings is 1. The smallest absolute Gasteiger partial charge is 0.338 e. The van der Waals surface area contributed by atoms with Crippen molar-refractivity contribution in [1.29, 1.82) is 0 Å². The molecule has 3 N–H and O–H groups in total. The van der Waals surface area contributed by atoms with Gasteiger partial charge in [-0.15, -0.1) is 0 Å². The first-order valence-corrected chi connectivity index (χ1v) is 57.9. The van der Waals surface area contributed by atoms with Crippen molar-refractivity contribution in [2.75, 3.05) is 13.7 Å². The van der Waals surface area contributed by atoms with Crippen molar-refractivity contribution in [3.8, 4) is 22.1 Å². The number of aliphatic hydroxyl groups is 1. The number of benzene rings is 12. The van der Waals surface area contributed by atoms with Crippen molar-refractivity contribution in [3.05, 3.63) is 368 Å². The summed E-state index contributed by atoms with van der Waals surface area (Å²) in [7, 11) is -6.95. The first kappa shape index (κ1) is 120. The fourth-order valence-corrected chi connectivity index (χ4v) is 22.4. The lowest BCUT2D eigenvalue weighted by Crippen LogP contribution is -3.34. The first-order chi connectivity index (χ1) is 69.3. The minimum Gasteiger partial charge on any atom is -0.744 e. The molecule has 4 bridgehead atoms. The van der Waals surface area contributed by atoms with Gasteiger partial charge >= 0.3 is 11.9 Å². The number of hydrogen-bond acceptors (Lipinski definition) is 14.